The molecule has 0 radical (unpaired) electrons. The number of hydrogen-bond acceptors (Lipinski definition) is 2. The van der Waals surface area contributed by atoms with E-state index < -0.39 is 0 Å². The maximum Gasteiger partial charge on any atom is 0.0992 e. The van der Waals surface area contributed by atoms with Crippen molar-refractivity contribution < 1.29 is 0 Å². The molecule has 0 fully saturated rings. The molecule has 0 aliphatic heterocycles. The fourth-order valence-corrected chi connectivity index (χ4v) is 7.37. The molecule has 0 atom stereocenters. The lowest BCUT2D eigenvalue weighted by molar-refractivity contribution is 1.18. The summed E-state index contributed by atoms with van der Waals surface area (Å²) in [5.74, 6) is 0. The van der Waals surface area contributed by atoms with E-state index in [1.165, 1.54) is 0 Å². The summed E-state index contributed by atoms with van der Waals surface area (Å²) >= 11 is 0. The molecule has 0 saturated carbocycles. The van der Waals surface area contributed by atoms with Gasteiger partial charge in [-0.2, -0.15) is 10.5 Å². The van der Waals surface area contributed by atoms with Gasteiger partial charge in [0, 0.05) is 44.0 Å². The van der Waals surface area contributed by atoms with Gasteiger partial charge in [-0.3, -0.25) is 0 Å². The first-order valence-corrected chi connectivity index (χ1v) is 15.9. The van der Waals surface area contributed by atoms with Crippen molar-refractivity contribution in [3.8, 4) is 45.8 Å². The second-order valence-corrected chi connectivity index (χ2v) is 12.0. The van der Waals surface area contributed by atoms with Crippen LogP contribution in [0.2, 0.25) is 0 Å². The molecule has 4 heteroatoms. The Morgan fingerprint density at radius 2 is 0.854 bits per heavy atom. The highest BCUT2D eigenvalue weighted by atomic mass is 15.0. The lowest BCUT2D eigenvalue weighted by Crippen LogP contribution is -1.98. The molecule has 0 unspecified atom stereocenters. The second kappa shape index (κ2) is 10.9. The van der Waals surface area contributed by atoms with Crippen LogP contribution < -0.4 is 0 Å². The number of para-hydroxylation sites is 4. The van der Waals surface area contributed by atoms with Crippen molar-refractivity contribution in [3.63, 3.8) is 0 Å². The van der Waals surface area contributed by atoms with Gasteiger partial charge in [0.25, 0.3) is 0 Å². The molecule has 0 saturated heterocycles. The van der Waals surface area contributed by atoms with E-state index in [-0.39, 0.29) is 0 Å². The molecule has 0 bridgehead atoms. The van der Waals surface area contributed by atoms with Crippen molar-refractivity contribution in [1.82, 2.24) is 9.13 Å². The molecule has 2 heterocycles. The summed E-state index contributed by atoms with van der Waals surface area (Å²) in [7, 11) is 0. The van der Waals surface area contributed by atoms with Gasteiger partial charge >= 0.3 is 0 Å². The van der Waals surface area contributed by atoms with Crippen LogP contribution in [0, 0.1) is 22.7 Å². The summed E-state index contributed by atoms with van der Waals surface area (Å²) in [6, 6.07) is 59.0. The van der Waals surface area contributed by atoms with Gasteiger partial charge in [-0.15, -0.1) is 0 Å². The van der Waals surface area contributed by atoms with Crippen molar-refractivity contribution in [2.45, 2.75) is 0 Å². The average Bonchev–Trinajstić information content (AvgIpc) is 3.68. The molecule has 0 aliphatic rings. The van der Waals surface area contributed by atoms with Gasteiger partial charge in [0.05, 0.1) is 45.3 Å². The average molecular weight is 611 g/mol. The lowest BCUT2D eigenvalue weighted by Gasteiger charge is -2.17. The molecule has 9 rings (SSSR count). The van der Waals surface area contributed by atoms with Gasteiger partial charge in [0.15, 0.2) is 0 Å². The predicted octanol–water partition coefficient (Wildman–Crippen LogP) is 11.0. The summed E-state index contributed by atoms with van der Waals surface area (Å²) < 4.78 is 4.62. The molecule has 48 heavy (non-hydrogen) atoms. The normalized spacial score (nSPS) is 11.3. The maximum absolute atomic E-state index is 9.79. The fraction of sp³-hybridized carbons (Fsp3) is 0. The van der Waals surface area contributed by atoms with Crippen molar-refractivity contribution in [2.24, 2.45) is 0 Å². The van der Waals surface area contributed by atoms with E-state index in [1.54, 1.807) is 0 Å². The monoisotopic (exact) mass is 610 g/mol. The third-order valence-corrected chi connectivity index (χ3v) is 9.37. The first-order chi connectivity index (χ1) is 23.7. The molecule has 2 aromatic heterocycles. The third kappa shape index (κ3) is 4.07. The zero-order valence-corrected chi connectivity index (χ0v) is 25.8. The number of nitriles is 2. The SMILES string of the molecule is N#Cc1cccc(-n2c3ccccc3c3cccc(-c4ccccc4-c4cccc5c6cc(C#N)ccc6n(-c6ccccc6)c45)c32)c1. The van der Waals surface area contributed by atoms with Gasteiger partial charge in [0.2, 0.25) is 0 Å². The van der Waals surface area contributed by atoms with Crippen LogP contribution in [-0.4, -0.2) is 9.13 Å². The molecule has 222 valence electrons. The first-order valence-electron chi connectivity index (χ1n) is 15.9. The largest absolute Gasteiger partial charge is 0.309 e. The Bertz CT molecular complexity index is 2800. The minimum absolute atomic E-state index is 0.622. The molecule has 7 aromatic carbocycles. The van der Waals surface area contributed by atoms with Crippen molar-refractivity contribution in [1.29, 1.82) is 10.5 Å². The highest BCUT2D eigenvalue weighted by Crippen LogP contribution is 2.44. The van der Waals surface area contributed by atoms with E-state index in [9.17, 15) is 10.5 Å². The van der Waals surface area contributed by atoms with Crippen molar-refractivity contribution >= 4 is 43.6 Å². The summed E-state index contributed by atoms with van der Waals surface area (Å²) in [6.07, 6.45) is 0. The Balaban J connectivity index is 1.40. The van der Waals surface area contributed by atoms with Crippen LogP contribution in [0.1, 0.15) is 11.1 Å². The highest BCUT2D eigenvalue weighted by Gasteiger charge is 2.21. The fourth-order valence-electron chi connectivity index (χ4n) is 7.37. The van der Waals surface area contributed by atoms with Crippen LogP contribution in [0.5, 0.6) is 0 Å². The minimum Gasteiger partial charge on any atom is -0.309 e. The van der Waals surface area contributed by atoms with Crippen molar-refractivity contribution in [3.05, 3.63) is 169 Å². The standard InChI is InChI=1S/C44H26N4/c45-27-29-11-8-14-32(25-29)48-41-22-7-6-17-35(41)38-20-9-18-36(43(38)48)33-15-4-5-16-34(33)37-19-10-21-39-40-26-30(28-46)23-24-42(40)47(44(37)39)31-12-2-1-3-13-31/h1-26H. The van der Waals surface area contributed by atoms with Gasteiger partial charge in [0.1, 0.15) is 0 Å². The summed E-state index contributed by atoms with van der Waals surface area (Å²) in [6.45, 7) is 0. The molecule has 4 nitrogen and oxygen atoms in total. The summed E-state index contributed by atoms with van der Waals surface area (Å²) in [5, 5.41) is 24.0. The number of nitrogens with zero attached hydrogens (tertiary/aromatic N) is 4. The molecule has 9 aromatic rings. The minimum atomic E-state index is 0.622. The predicted molar refractivity (Wildman–Crippen MR) is 195 cm³/mol. The van der Waals surface area contributed by atoms with Gasteiger partial charge in [-0.25, -0.2) is 0 Å². The van der Waals surface area contributed by atoms with Crippen LogP contribution in [-0.2, 0) is 0 Å². The Kier molecular flexibility index (Phi) is 6.22. The van der Waals surface area contributed by atoms with E-state index >= 15 is 0 Å². The smallest absolute Gasteiger partial charge is 0.0992 e. The molecule has 0 aliphatic carbocycles. The molecular weight excluding hydrogens is 585 g/mol. The molecule has 0 amide bonds. The van der Waals surface area contributed by atoms with E-state index in [4.69, 9.17) is 0 Å². The number of benzene rings is 7. The van der Waals surface area contributed by atoms with E-state index in [1.807, 2.05) is 36.4 Å². The number of hydrogen-bond donors (Lipinski definition) is 0. The maximum atomic E-state index is 9.79. The van der Waals surface area contributed by atoms with Crippen LogP contribution >= 0.6 is 0 Å². The molecule has 0 N–H and O–H groups in total. The van der Waals surface area contributed by atoms with E-state index in [0.717, 1.165) is 77.2 Å². The van der Waals surface area contributed by atoms with Gasteiger partial charge in [-0.1, -0.05) is 103 Å². The topological polar surface area (TPSA) is 57.4 Å². The molecule has 0 spiro atoms. The Labute approximate surface area is 277 Å². The number of aromatic nitrogens is 2. The Hall–Kier alpha value is -6.88. The first kappa shape index (κ1) is 27.4. The second-order valence-electron chi connectivity index (χ2n) is 12.0. The quantitative estimate of drug-likeness (QED) is 0.199. The van der Waals surface area contributed by atoms with Gasteiger partial charge < -0.3 is 9.13 Å². The Morgan fingerprint density at radius 1 is 0.354 bits per heavy atom. The van der Waals surface area contributed by atoms with Crippen LogP contribution in [0.15, 0.2) is 158 Å². The number of rotatable bonds is 4. The Morgan fingerprint density at radius 3 is 1.56 bits per heavy atom. The lowest BCUT2D eigenvalue weighted by atomic mass is 9.92. The van der Waals surface area contributed by atoms with Crippen LogP contribution in [0.4, 0.5) is 0 Å². The zero-order valence-electron chi connectivity index (χ0n) is 25.8. The van der Waals surface area contributed by atoms with Crippen LogP contribution in [0.25, 0.3) is 77.2 Å². The molecular formula is C44H26N4. The van der Waals surface area contributed by atoms with Crippen LogP contribution in [0.3, 0.4) is 0 Å². The summed E-state index contributed by atoms with van der Waals surface area (Å²) in [5.41, 5.74) is 12.0. The third-order valence-electron chi connectivity index (χ3n) is 9.37. The zero-order chi connectivity index (χ0) is 32.2. The van der Waals surface area contributed by atoms with E-state index in [2.05, 4.69) is 143 Å². The van der Waals surface area contributed by atoms with Crippen molar-refractivity contribution in [2.75, 3.05) is 0 Å². The number of fused-ring (bicyclic) bond motifs is 6. The summed E-state index contributed by atoms with van der Waals surface area (Å²) in [4.78, 5) is 0. The van der Waals surface area contributed by atoms with E-state index in [0.29, 0.717) is 11.1 Å². The van der Waals surface area contributed by atoms with Gasteiger partial charge in [-0.05, 0) is 65.7 Å². The highest BCUT2D eigenvalue weighted by molar-refractivity contribution is 6.17.